The van der Waals surface area contributed by atoms with Gasteiger partial charge in [0.1, 0.15) is 0 Å². The van der Waals surface area contributed by atoms with Crippen LogP contribution in [0.3, 0.4) is 0 Å². The zero-order valence-corrected chi connectivity index (χ0v) is 10.9. The molecule has 3 N–H and O–H groups in total. The van der Waals surface area contributed by atoms with Crippen molar-refractivity contribution in [3.8, 4) is 0 Å². The van der Waals surface area contributed by atoms with E-state index in [-0.39, 0.29) is 18.5 Å². The van der Waals surface area contributed by atoms with E-state index in [1.54, 1.807) is 0 Å². The number of hydrogen-bond acceptors (Lipinski definition) is 2. The monoisotopic (exact) mass is 234 g/mol. The summed E-state index contributed by atoms with van der Waals surface area (Å²) in [7, 11) is 0. The van der Waals surface area contributed by atoms with E-state index < -0.39 is 0 Å². The molecule has 0 spiro atoms. The number of primary amides is 1. The Labute approximate surface area is 103 Å². The number of rotatable bonds is 6. The predicted molar refractivity (Wildman–Crippen MR) is 70.6 cm³/mol. The molecule has 3 heteroatoms. The molecule has 0 heterocycles. The number of benzene rings is 1. The van der Waals surface area contributed by atoms with E-state index in [9.17, 15) is 4.79 Å². The fourth-order valence-electron chi connectivity index (χ4n) is 1.99. The van der Waals surface area contributed by atoms with Crippen LogP contribution in [0.15, 0.2) is 24.3 Å². The van der Waals surface area contributed by atoms with Crippen LogP contribution in [0.2, 0.25) is 0 Å². The third kappa shape index (κ3) is 4.57. The first-order valence-corrected chi connectivity index (χ1v) is 6.08. The molecule has 94 valence electrons. The highest BCUT2D eigenvalue weighted by Gasteiger charge is 2.15. The van der Waals surface area contributed by atoms with Crippen LogP contribution in [0.1, 0.15) is 37.4 Å². The third-order valence-electron chi connectivity index (χ3n) is 2.79. The summed E-state index contributed by atoms with van der Waals surface area (Å²) in [4.78, 5) is 10.9. The largest absolute Gasteiger partial charge is 0.369 e. The third-order valence-corrected chi connectivity index (χ3v) is 2.79. The van der Waals surface area contributed by atoms with E-state index >= 15 is 0 Å². The Morgan fingerprint density at radius 1 is 1.35 bits per heavy atom. The van der Waals surface area contributed by atoms with Crippen molar-refractivity contribution in [2.45, 2.75) is 33.2 Å². The van der Waals surface area contributed by atoms with Crippen molar-refractivity contribution in [2.24, 2.45) is 11.7 Å². The van der Waals surface area contributed by atoms with E-state index in [0.29, 0.717) is 5.92 Å². The highest BCUT2D eigenvalue weighted by Crippen LogP contribution is 2.23. The van der Waals surface area contributed by atoms with Gasteiger partial charge in [0.2, 0.25) is 5.91 Å². The molecular weight excluding hydrogens is 212 g/mol. The Morgan fingerprint density at radius 3 is 2.53 bits per heavy atom. The van der Waals surface area contributed by atoms with Gasteiger partial charge in [0, 0.05) is 6.04 Å². The second-order valence-corrected chi connectivity index (χ2v) is 4.89. The lowest BCUT2D eigenvalue weighted by Gasteiger charge is -2.22. The molecule has 0 aromatic heterocycles. The zero-order valence-electron chi connectivity index (χ0n) is 10.9. The first-order valence-electron chi connectivity index (χ1n) is 6.08. The molecule has 0 radical (unpaired) electrons. The zero-order chi connectivity index (χ0) is 12.8. The fourth-order valence-corrected chi connectivity index (χ4v) is 1.99. The van der Waals surface area contributed by atoms with Crippen molar-refractivity contribution < 1.29 is 4.79 Å². The summed E-state index contributed by atoms with van der Waals surface area (Å²) in [6.07, 6.45) is 0.998. The smallest absolute Gasteiger partial charge is 0.231 e. The Hall–Kier alpha value is -1.35. The molecule has 0 aliphatic heterocycles. The van der Waals surface area contributed by atoms with Gasteiger partial charge in [0.25, 0.3) is 0 Å². The van der Waals surface area contributed by atoms with Crippen molar-refractivity contribution in [1.29, 1.82) is 0 Å². The minimum absolute atomic E-state index is 0.198. The molecule has 0 unspecified atom stereocenters. The Bertz CT molecular complexity index is 374. The maximum atomic E-state index is 10.9. The number of nitrogens with one attached hydrogen (secondary N) is 1. The minimum Gasteiger partial charge on any atom is -0.369 e. The van der Waals surface area contributed by atoms with Crippen LogP contribution in [0.4, 0.5) is 0 Å². The average Bonchev–Trinajstić information content (AvgIpc) is 2.24. The minimum atomic E-state index is -0.313. The topological polar surface area (TPSA) is 55.1 Å². The lowest BCUT2D eigenvalue weighted by Crippen LogP contribution is -2.32. The number of aryl methyl sites for hydroxylation is 1. The molecule has 0 saturated carbocycles. The molecule has 1 atom stereocenters. The lowest BCUT2D eigenvalue weighted by molar-refractivity contribution is -0.117. The summed E-state index contributed by atoms with van der Waals surface area (Å²) in [5, 5.41) is 3.23. The fraction of sp³-hybridized carbons (Fsp3) is 0.500. The van der Waals surface area contributed by atoms with Crippen LogP contribution < -0.4 is 11.1 Å². The molecule has 1 rings (SSSR count). The summed E-state index contributed by atoms with van der Waals surface area (Å²) < 4.78 is 0. The molecule has 1 aromatic carbocycles. The van der Waals surface area contributed by atoms with Crippen LogP contribution in [0, 0.1) is 12.8 Å². The summed E-state index contributed by atoms with van der Waals surface area (Å²) in [5.74, 6) is 0.257. The summed E-state index contributed by atoms with van der Waals surface area (Å²) in [5.41, 5.74) is 7.68. The van der Waals surface area contributed by atoms with Crippen LogP contribution >= 0.6 is 0 Å². The van der Waals surface area contributed by atoms with Gasteiger partial charge in [-0.15, -0.1) is 0 Å². The number of carbonyl (C=O) groups is 1. The number of hydrogen-bond donors (Lipinski definition) is 2. The van der Waals surface area contributed by atoms with Crippen molar-refractivity contribution >= 4 is 5.91 Å². The van der Waals surface area contributed by atoms with Gasteiger partial charge in [-0.05, 0) is 30.4 Å². The van der Waals surface area contributed by atoms with Gasteiger partial charge in [0.15, 0.2) is 0 Å². The van der Waals surface area contributed by atoms with Crippen LogP contribution in [0.25, 0.3) is 0 Å². The van der Waals surface area contributed by atoms with E-state index in [1.165, 1.54) is 11.1 Å². The maximum absolute atomic E-state index is 10.9. The average molecular weight is 234 g/mol. The second kappa shape index (κ2) is 6.40. The Balaban J connectivity index is 2.82. The Morgan fingerprint density at radius 2 is 2.00 bits per heavy atom. The Kier molecular flexibility index (Phi) is 5.16. The van der Waals surface area contributed by atoms with E-state index in [2.05, 4.69) is 38.2 Å². The van der Waals surface area contributed by atoms with Crippen molar-refractivity contribution in [1.82, 2.24) is 5.32 Å². The van der Waals surface area contributed by atoms with Crippen molar-refractivity contribution in [3.05, 3.63) is 35.4 Å². The standard InChI is InChI=1S/C14H22N2O/c1-10(2)8-13(16-9-14(15)17)12-7-5-4-6-11(12)3/h4-7,10,13,16H,8-9H2,1-3H3,(H2,15,17)/t13-/m0/s1. The summed E-state index contributed by atoms with van der Waals surface area (Å²) >= 11 is 0. The lowest BCUT2D eigenvalue weighted by atomic mass is 9.94. The highest BCUT2D eigenvalue weighted by molar-refractivity contribution is 5.75. The predicted octanol–water partition coefficient (Wildman–Crippen LogP) is 2.16. The maximum Gasteiger partial charge on any atom is 0.231 e. The van der Waals surface area contributed by atoms with Gasteiger partial charge in [-0.1, -0.05) is 38.1 Å². The molecule has 1 amide bonds. The quantitative estimate of drug-likeness (QED) is 0.792. The molecule has 17 heavy (non-hydrogen) atoms. The van der Waals surface area contributed by atoms with Gasteiger partial charge in [-0.25, -0.2) is 0 Å². The number of amides is 1. The first kappa shape index (κ1) is 13.7. The van der Waals surface area contributed by atoms with Gasteiger partial charge in [-0.2, -0.15) is 0 Å². The highest BCUT2D eigenvalue weighted by atomic mass is 16.1. The van der Waals surface area contributed by atoms with E-state index in [1.807, 2.05) is 12.1 Å². The van der Waals surface area contributed by atoms with Crippen LogP contribution in [0.5, 0.6) is 0 Å². The first-order chi connectivity index (χ1) is 8.00. The molecule has 0 fully saturated rings. The van der Waals surface area contributed by atoms with Gasteiger partial charge < -0.3 is 11.1 Å². The van der Waals surface area contributed by atoms with Gasteiger partial charge in [0.05, 0.1) is 6.54 Å². The van der Waals surface area contributed by atoms with E-state index in [4.69, 9.17) is 5.73 Å². The van der Waals surface area contributed by atoms with E-state index in [0.717, 1.165) is 6.42 Å². The van der Waals surface area contributed by atoms with Crippen LogP contribution in [-0.4, -0.2) is 12.5 Å². The molecule has 1 aromatic rings. The summed E-state index contributed by atoms with van der Waals surface area (Å²) in [6.45, 7) is 6.68. The molecule has 0 aliphatic carbocycles. The molecule has 0 saturated heterocycles. The molecule has 3 nitrogen and oxygen atoms in total. The molecule has 0 aliphatic rings. The number of carbonyl (C=O) groups excluding carboxylic acids is 1. The van der Waals surface area contributed by atoms with Crippen molar-refractivity contribution in [2.75, 3.05) is 6.54 Å². The summed E-state index contributed by atoms with van der Waals surface area (Å²) in [6, 6.07) is 8.45. The molecular formula is C14H22N2O. The number of nitrogens with two attached hydrogens (primary N) is 1. The second-order valence-electron chi connectivity index (χ2n) is 4.89. The van der Waals surface area contributed by atoms with Crippen LogP contribution in [-0.2, 0) is 4.79 Å². The van der Waals surface area contributed by atoms with Gasteiger partial charge >= 0.3 is 0 Å². The van der Waals surface area contributed by atoms with Crippen molar-refractivity contribution in [3.63, 3.8) is 0 Å². The normalized spacial score (nSPS) is 12.7. The van der Waals surface area contributed by atoms with Gasteiger partial charge in [-0.3, -0.25) is 4.79 Å². The molecule has 0 bridgehead atoms. The SMILES string of the molecule is Cc1ccccc1[C@H](CC(C)C)NCC(N)=O.